The molecule has 1 fully saturated rings. The minimum absolute atomic E-state index is 0.181. The lowest BCUT2D eigenvalue weighted by Crippen LogP contribution is -2.33. The monoisotopic (exact) mass is 375 g/mol. The molecular weight excluding hydrogens is 350 g/mol. The predicted molar refractivity (Wildman–Crippen MR) is 98.4 cm³/mol. The van der Waals surface area contributed by atoms with Crippen molar-refractivity contribution in [3.05, 3.63) is 12.2 Å². The van der Waals surface area contributed by atoms with E-state index in [1.807, 2.05) is 0 Å². The van der Waals surface area contributed by atoms with Crippen LogP contribution in [0.2, 0.25) is 0 Å². The van der Waals surface area contributed by atoms with Crippen molar-refractivity contribution in [3.8, 4) is 11.8 Å². The van der Waals surface area contributed by atoms with Crippen molar-refractivity contribution in [1.82, 2.24) is 19.5 Å². The Morgan fingerprint density at radius 1 is 1.22 bits per heavy atom. The van der Waals surface area contributed by atoms with Gasteiger partial charge in [0.15, 0.2) is 17.7 Å². The van der Waals surface area contributed by atoms with Crippen LogP contribution in [0.3, 0.4) is 0 Å². The van der Waals surface area contributed by atoms with Crippen LogP contribution < -0.4 is 5.73 Å². The van der Waals surface area contributed by atoms with E-state index in [0.29, 0.717) is 11.2 Å². The Morgan fingerprint density at radius 3 is 2.74 bits per heavy atom. The third-order valence-electron chi connectivity index (χ3n) is 4.60. The zero-order valence-corrected chi connectivity index (χ0v) is 15.2. The lowest BCUT2D eigenvalue weighted by Gasteiger charge is -2.16. The van der Waals surface area contributed by atoms with E-state index in [-0.39, 0.29) is 11.6 Å². The van der Waals surface area contributed by atoms with Gasteiger partial charge in [-0.2, -0.15) is 0 Å². The summed E-state index contributed by atoms with van der Waals surface area (Å²) in [5.74, 6) is 6.42. The Balaban J connectivity index is 1.84. The molecule has 4 atom stereocenters. The summed E-state index contributed by atoms with van der Waals surface area (Å²) in [7, 11) is 0. The van der Waals surface area contributed by atoms with Crippen LogP contribution in [0.15, 0.2) is 6.33 Å². The molecule has 5 N–H and O–H groups in total. The van der Waals surface area contributed by atoms with Crippen molar-refractivity contribution < 1.29 is 20.1 Å². The largest absolute Gasteiger partial charge is 0.394 e. The average Bonchev–Trinajstić information content (AvgIpc) is 3.20. The van der Waals surface area contributed by atoms with Crippen molar-refractivity contribution in [1.29, 1.82) is 0 Å². The van der Waals surface area contributed by atoms with Gasteiger partial charge in [-0.05, 0) is 12.3 Å². The molecule has 0 aromatic carbocycles. The minimum Gasteiger partial charge on any atom is -0.394 e. The van der Waals surface area contributed by atoms with Crippen molar-refractivity contribution >= 4 is 17.0 Å². The van der Waals surface area contributed by atoms with Gasteiger partial charge >= 0.3 is 0 Å². The van der Waals surface area contributed by atoms with Crippen LogP contribution in [0, 0.1) is 11.8 Å². The molecule has 27 heavy (non-hydrogen) atoms. The van der Waals surface area contributed by atoms with Crippen molar-refractivity contribution in [3.63, 3.8) is 0 Å². The number of rotatable bonds is 6. The number of unbranched alkanes of at least 4 members (excludes halogenated alkanes) is 4. The fraction of sp³-hybridized carbons (Fsp3) is 0.611. The normalized spacial score (nSPS) is 24.9. The Hall–Kier alpha value is -2.25. The first-order valence-corrected chi connectivity index (χ1v) is 9.18. The fourth-order valence-electron chi connectivity index (χ4n) is 3.07. The first-order chi connectivity index (χ1) is 13.1. The maximum Gasteiger partial charge on any atom is 0.208 e. The van der Waals surface area contributed by atoms with Crippen LogP contribution in [0.4, 0.5) is 5.82 Å². The molecule has 9 heteroatoms. The highest BCUT2D eigenvalue weighted by Gasteiger charge is 2.44. The van der Waals surface area contributed by atoms with E-state index in [2.05, 4.69) is 33.7 Å². The van der Waals surface area contributed by atoms with E-state index in [0.717, 1.165) is 19.3 Å². The molecule has 1 saturated heterocycles. The minimum atomic E-state index is -1.23. The standard InChI is InChI=1S/C18H25N5O4/c1-2-3-4-5-6-7-8-12-21-16(19)13-17(22-12)23(10-20-13)18-15(26)14(25)11(9-24)27-18/h10-11,14-15,18,24-26H,2-6,9H2,1H3,(H2,19,21,22)/t11-,14-,15-,18-/m0/s1. The van der Waals surface area contributed by atoms with E-state index < -0.39 is 31.1 Å². The number of hydrogen-bond acceptors (Lipinski definition) is 8. The molecular formula is C18H25N5O4. The molecule has 3 heterocycles. The zero-order chi connectivity index (χ0) is 19.4. The smallest absolute Gasteiger partial charge is 0.208 e. The number of aromatic nitrogens is 4. The summed E-state index contributed by atoms with van der Waals surface area (Å²) in [6, 6.07) is 0. The quantitative estimate of drug-likeness (QED) is 0.419. The van der Waals surface area contributed by atoms with Crippen LogP contribution >= 0.6 is 0 Å². The zero-order valence-electron chi connectivity index (χ0n) is 15.2. The van der Waals surface area contributed by atoms with Gasteiger partial charge in [0, 0.05) is 6.42 Å². The van der Waals surface area contributed by atoms with Gasteiger partial charge in [-0.25, -0.2) is 15.0 Å². The highest BCUT2D eigenvalue weighted by molar-refractivity contribution is 5.82. The molecule has 3 rings (SSSR count). The van der Waals surface area contributed by atoms with Gasteiger partial charge in [-0.15, -0.1) is 0 Å². The van der Waals surface area contributed by atoms with Crippen LogP contribution in [-0.4, -0.2) is 59.8 Å². The van der Waals surface area contributed by atoms with Crippen LogP contribution in [0.1, 0.15) is 51.1 Å². The highest BCUT2D eigenvalue weighted by Crippen LogP contribution is 2.31. The van der Waals surface area contributed by atoms with Gasteiger partial charge in [0.25, 0.3) is 0 Å². The Labute approximate surface area is 157 Å². The lowest BCUT2D eigenvalue weighted by molar-refractivity contribution is -0.0511. The summed E-state index contributed by atoms with van der Waals surface area (Å²) in [6.07, 6.45) is 2.45. The molecule has 0 amide bonds. The molecule has 0 saturated carbocycles. The number of aliphatic hydroxyl groups is 3. The number of anilines is 1. The number of nitrogen functional groups attached to an aromatic ring is 1. The summed E-state index contributed by atoms with van der Waals surface area (Å²) in [5, 5.41) is 29.5. The van der Waals surface area contributed by atoms with Gasteiger partial charge in [-0.1, -0.05) is 32.1 Å². The number of imidazole rings is 1. The summed E-state index contributed by atoms with van der Waals surface area (Å²) in [5.41, 5.74) is 6.68. The predicted octanol–water partition coefficient (Wildman–Crippen LogP) is 0.342. The number of ether oxygens (including phenoxy) is 1. The van der Waals surface area contributed by atoms with E-state index in [1.165, 1.54) is 23.7 Å². The Kier molecular flexibility index (Phi) is 6.23. The Bertz CT molecular complexity index is 843. The first-order valence-electron chi connectivity index (χ1n) is 9.18. The molecule has 0 radical (unpaired) electrons. The van der Waals surface area contributed by atoms with E-state index in [9.17, 15) is 15.3 Å². The van der Waals surface area contributed by atoms with Gasteiger partial charge in [0.2, 0.25) is 5.82 Å². The molecule has 1 aliphatic rings. The van der Waals surface area contributed by atoms with Crippen molar-refractivity contribution in [2.24, 2.45) is 0 Å². The van der Waals surface area contributed by atoms with Gasteiger partial charge in [0.1, 0.15) is 23.8 Å². The van der Waals surface area contributed by atoms with E-state index in [4.69, 9.17) is 10.5 Å². The summed E-state index contributed by atoms with van der Waals surface area (Å²) in [6.45, 7) is 1.75. The molecule has 2 aromatic heterocycles. The SMILES string of the molecule is CCCCCCC#Cc1nc(N)c2ncn([C@H]3O[C@@H](CO)[C@H](O)[C@@H]3O)c2n1. The van der Waals surface area contributed by atoms with Crippen LogP contribution in [0.25, 0.3) is 11.2 Å². The molecule has 0 unspecified atom stereocenters. The molecule has 0 aliphatic carbocycles. The molecule has 0 spiro atoms. The second-order valence-corrected chi connectivity index (χ2v) is 6.60. The third kappa shape index (κ3) is 4.04. The molecule has 1 aliphatic heterocycles. The molecule has 2 aromatic rings. The number of fused-ring (bicyclic) bond motifs is 1. The van der Waals surface area contributed by atoms with Gasteiger partial charge in [-0.3, -0.25) is 4.57 Å². The molecule has 9 nitrogen and oxygen atoms in total. The van der Waals surface area contributed by atoms with Crippen molar-refractivity contribution in [2.75, 3.05) is 12.3 Å². The lowest BCUT2D eigenvalue weighted by atomic mass is 10.1. The summed E-state index contributed by atoms with van der Waals surface area (Å²) < 4.78 is 7.01. The van der Waals surface area contributed by atoms with E-state index >= 15 is 0 Å². The molecule has 146 valence electrons. The second kappa shape index (κ2) is 8.63. The Morgan fingerprint density at radius 2 is 2.04 bits per heavy atom. The third-order valence-corrected chi connectivity index (χ3v) is 4.60. The summed E-state index contributed by atoms with van der Waals surface area (Å²) >= 11 is 0. The fourth-order valence-corrected chi connectivity index (χ4v) is 3.07. The number of nitrogens with zero attached hydrogens (tertiary/aromatic N) is 4. The average molecular weight is 375 g/mol. The topological polar surface area (TPSA) is 140 Å². The first kappa shape index (κ1) is 19.5. The van der Waals surface area contributed by atoms with Gasteiger partial charge < -0.3 is 25.8 Å². The van der Waals surface area contributed by atoms with Crippen LogP contribution in [-0.2, 0) is 4.74 Å². The van der Waals surface area contributed by atoms with Crippen LogP contribution in [0.5, 0.6) is 0 Å². The highest BCUT2D eigenvalue weighted by atomic mass is 16.6. The van der Waals surface area contributed by atoms with Gasteiger partial charge in [0.05, 0.1) is 12.9 Å². The molecule has 0 bridgehead atoms. The number of hydrogen-bond donors (Lipinski definition) is 4. The van der Waals surface area contributed by atoms with E-state index in [1.54, 1.807) is 0 Å². The second-order valence-electron chi connectivity index (χ2n) is 6.60. The maximum absolute atomic E-state index is 10.2. The number of aliphatic hydroxyl groups excluding tert-OH is 3. The summed E-state index contributed by atoms with van der Waals surface area (Å²) in [4.78, 5) is 12.7. The van der Waals surface area contributed by atoms with Crippen molar-refractivity contribution in [2.45, 2.75) is 63.6 Å². The number of nitrogens with two attached hydrogens (primary N) is 1. The maximum atomic E-state index is 10.2.